The van der Waals surface area contributed by atoms with Gasteiger partial charge in [0.2, 0.25) is 5.91 Å². The van der Waals surface area contributed by atoms with Crippen molar-refractivity contribution < 1.29 is 14.0 Å². The van der Waals surface area contributed by atoms with Gasteiger partial charge in [-0.15, -0.1) is 0 Å². The molecule has 0 aromatic heterocycles. The first kappa shape index (κ1) is 15.3. The van der Waals surface area contributed by atoms with Crippen LogP contribution in [0.3, 0.4) is 0 Å². The Labute approximate surface area is 123 Å². The van der Waals surface area contributed by atoms with Crippen molar-refractivity contribution in [1.29, 1.82) is 0 Å². The van der Waals surface area contributed by atoms with Crippen LogP contribution in [0.5, 0.6) is 0 Å². The number of carbonyl (C=O) groups is 2. The zero-order chi connectivity index (χ0) is 15.2. The van der Waals surface area contributed by atoms with Gasteiger partial charge >= 0.3 is 0 Å². The van der Waals surface area contributed by atoms with Gasteiger partial charge in [-0.2, -0.15) is 0 Å². The Balaban J connectivity index is 1.79. The van der Waals surface area contributed by atoms with E-state index in [0.29, 0.717) is 0 Å². The SMILES string of the molecule is Nc1cc(F)ccc1C(=O)NCCC(=O)N1CCCCC1. The molecule has 1 aromatic rings. The zero-order valence-corrected chi connectivity index (χ0v) is 11.9. The lowest BCUT2D eigenvalue weighted by Crippen LogP contribution is -2.37. The van der Waals surface area contributed by atoms with E-state index >= 15 is 0 Å². The fraction of sp³-hybridized carbons (Fsp3) is 0.467. The number of carbonyl (C=O) groups excluding carboxylic acids is 2. The molecule has 0 aliphatic carbocycles. The highest BCUT2D eigenvalue weighted by Gasteiger charge is 2.16. The Bertz CT molecular complexity index is 528. The second kappa shape index (κ2) is 7.06. The molecule has 5 nitrogen and oxygen atoms in total. The maximum Gasteiger partial charge on any atom is 0.253 e. The number of hydrogen-bond acceptors (Lipinski definition) is 3. The predicted molar refractivity (Wildman–Crippen MR) is 78.2 cm³/mol. The number of rotatable bonds is 4. The molecule has 0 bridgehead atoms. The number of likely N-dealkylation sites (tertiary alicyclic amines) is 1. The molecule has 6 heteroatoms. The first-order chi connectivity index (χ1) is 10.1. The summed E-state index contributed by atoms with van der Waals surface area (Å²) in [6.45, 7) is 1.86. The van der Waals surface area contributed by atoms with Gasteiger partial charge in [0, 0.05) is 31.7 Å². The summed E-state index contributed by atoms with van der Waals surface area (Å²) in [6.07, 6.45) is 3.53. The van der Waals surface area contributed by atoms with E-state index in [9.17, 15) is 14.0 Å². The molecule has 2 amide bonds. The fourth-order valence-corrected chi connectivity index (χ4v) is 2.42. The number of nitrogens with one attached hydrogen (secondary N) is 1. The number of nitrogen functional groups attached to an aromatic ring is 1. The lowest BCUT2D eigenvalue weighted by molar-refractivity contribution is -0.131. The van der Waals surface area contributed by atoms with Gasteiger partial charge in [0.15, 0.2) is 0 Å². The molecule has 1 saturated heterocycles. The quantitative estimate of drug-likeness (QED) is 0.827. The predicted octanol–water partition coefficient (Wildman–Crippen LogP) is 1.54. The monoisotopic (exact) mass is 293 g/mol. The van der Waals surface area contributed by atoms with Gasteiger partial charge in [-0.25, -0.2) is 4.39 Å². The van der Waals surface area contributed by atoms with Crippen LogP contribution in [0.1, 0.15) is 36.0 Å². The van der Waals surface area contributed by atoms with Crippen LogP contribution in [0.15, 0.2) is 18.2 Å². The van der Waals surface area contributed by atoms with Gasteiger partial charge in [-0.3, -0.25) is 9.59 Å². The third-order valence-electron chi connectivity index (χ3n) is 3.59. The van der Waals surface area contributed by atoms with E-state index < -0.39 is 5.82 Å². The van der Waals surface area contributed by atoms with E-state index in [0.717, 1.165) is 32.0 Å². The first-order valence-electron chi connectivity index (χ1n) is 7.19. The molecule has 1 aliphatic heterocycles. The smallest absolute Gasteiger partial charge is 0.253 e. The molecule has 0 unspecified atom stereocenters. The van der Waals surface area contributed by atoms with Crippen LogP contribution >= 0.6 is 0 Å². The maximum atomic E-state index is 12.9. The first-order valence-corrected chi connectivity index (χ1v) is 7.19. The summed E-state index contributed by atoms with van der Waals surface area (Å²) < 4.78 is 12.9. The summed E-state index contributed by atoms with van der Waals surface area (Å²) in [6, 6.07) is 3.63. The van der Waals surface area contributed by atoms with E-state index in [4.69, 9.17) is 5.73 Å². The molecule has 3 N–H and O–H groups in total. The standard InChI is InChI=1S/C15H20FN3O2/c16-11-4-5-12(13(17)10-11)15(21)18-7-6-14(20)19-8-2-1-3-9-19/h4-5,10H,1-3,6-9,17H2,(H,18,21). The highest BCUT2D eigenvalue weighted by Crippen LogP contribution is 2.13. The zero-order valence-electron chi connectivity index (χ0n) is 11.9. The summed E-state index contributed by atoms with van der Waals surface area (Å²) in [5.41, 5.74) is 5.91. The Hall–Kier alpha value is -2.11. The number of nitrogens with zero attached hydrogens (tertiary/aromatic N) is 1. The molecular weight excluding hydrogens is 273 g/mol. The van der Waals surface area contributed by atoms with Crippen LogP contribution in [0.4, 0.5) is 10.1 Å². The molecule has 1 aromatic carbocycles. The van der Waals surface area contributed by atoms with E-state index in [-0.39, 0.29) is 36.0 Å². The minimum atomic E-state index is -0.482. The minimum absolute atomic E-state index is 0.0575. The van der Waals surface area contributed by atoms with Gasteiger partial charge < -0.3 is 16.0 Å². The molecule has 0 spiro atoms. The van der Waals surface area contributed by atoms with Crippen molar-refractivity contribution in [2.75, 3.05) is 25.4 Å². The third kappa shape index (κ3) is 4.18. The lowest BCUT2D eigenvalue weighted by atomic mass is 10.1. The highest BCUT2D eigenvalue weighted by molar-refractivity contribution is 5.99. The van der Waals surface area contributed by atoms with Crippen molar-refractivity contribution in [3.8, 4) is 0 Å². The molecule has 1 heterocycles. The van der Waals surface area contributed by atoms with E-state index in [1.54, 1.807) is 0 Å². The molecule has 114 valence electrons. The van der Waals surface area contributed by atoms with Crippen molar-refractivity contribution in [3.63, 3.8) is 0 Å². The molecule has 1 fully saturated rings. The molecular formula is C15H20FN3O2. The number of piperidine rings is 1. The molecule has 21 heavy (non-hydrogen) atoms. The second-order valence-electron chi connectivity index (χ2n) is 5.18. The minimum Gasteiger partial charge on any atom is -0.398 e. The lowest BCUT2D eigenvalue weighted by Gasteiger charge is -2.26. The van der Waals surface area contributed by atoms with E-state index in [1.807, 2.05) is 4.90 Å². The topological polar surface area (TPSA) is 75.4 Å². The number of anilines is 1. The maximum absolute atomic E-state index is 12.9. The van der Waals surface area contributed by atoms with Crippen LogP contribution in [0, 0.1) is 5.82 Å². The average Bonchev–Trinajstić information content (AvgIpc) is 2.47. The van der Waals surface area contributed by atoms with Crippen LogP contribution in [0.25, 0.3) is 0 Å². The highest BCUT2D eigenvalue weighted by atomic mass is 19.1. The van der Waals surface area contributed by atoms with Gasteiger partial charge in [0.1, 0.15) is 5.82 Å². The fourth-order valence-electron chi connectivity index (χ4n) is 2.42. The summed E-state index contributed by atoms with van der Waals surface area (Å²) in [4.78, 5) is 25.7. The van der Waals surface area contributed by atoms with Crippen LogP contribution in [-0.4, -0.2) is 36.3 Å². The number of halogens is 1. The van der Waals surface area contributed by atoms with Gasteiger partial charge in [-0.1, -0.05) is 0 Å². The van der Waals surface area contributed by atoms with Crippen LogP contribution in [-0.2, 0) is 4.79 Å². The normalized spacial score (nSPS) is 14.8. The van der Waals surface area contributed by atoms with Crippen LogP contribution < -0.4 is 11.1 Å². The van der Waals surface area contributed by atoms with Crippen molar-refractivity contribution in [1.82, 2.24) is 10.2 Å². The number of amides is 2. The Morgan fingerprint density at radius 1 is 1.24 bits per heavy atom. The van der Waals surface area contributed by atoms with Gasteiger partial charge in [0.05, 0.1) is 5.56 Å². The van der Waals surface area contributed by atoms with Crippen molar-refractivity contribution >= 4 is 17.5 Å². The Morgan fingerprint density at radius 3 is 2.62 bits per heavy atom. The molecule has 2 rings (SSSR count). The van der Waals surface area contributed by atoms with Crippen molar-refractivity contribution in [2.24, 2.45) is 0 Å². The summed E-state index contributed by atoms with van der Waals surface area (Å²) in [5.74, 6) is -0.814. The molecule has 1 aliphatic rings. The largest absolute Gasteiger partial charge is 0.398 e. The summed E-state index contributed by atoms with van der Waals surface area (Å²) >= 11 is 0. The summed E-state index contributed by atoms with van der Waals surface area (Å²) in [7, 11) is 0. The molecule has 0 atom stereocenters. The van der Waals surface area contributed by atoms with E-state index in [2.05, 4.69) is 5.32 Å². The van der Waals surface area contributed by atoms with Crippen LogP contribution in [0.2, 0.25) is 0 Å². The van der Waals surface area contributed by atoms with Crippen molar-refractivity contribution in [2.45, 2.75) is 25.7 Å². The van der Waals surface area contributed by atoms with E-state index in [1.165, 1.54) is 18.6 Å². The number of hydrogen-bond donors (Lipinski definition) is 2. The summed E-state index contributed by atoms with van der Waals surface area (Å²) in [5, 5.41) is 2.64. The third-order valence-corrected chi connectivity index (χ3v) is 3.59. The van der Waals surface area contributed by atoms with Gasteiger partial charge in [-0.05, 0) is 37.5 Å². The van der Waals surface area contributed by atoms with Gasteiger partial charge in [0.25, 0.3) is 5.91 Å². The number of nitrogens with two attached hydrogens (primary N) is 1. The second-order valence-corrected chi connectivity index (χ2v) is 5.18. The Kier molecular flexibility index (Phi) is 5.14. The Morgan fingerprint density at radius 2 is 1.95 bits per heavy atom. The molecule has 0 radical (unpaired) electrons. The molecule has 0 saturated carbocycles. The van der Waals surface area contributed by atoms with Crippen molar-refractivity contribution in [3.05, 3.63) is 29.6 Å². The number of benzene rings is 1. The average molecular weight is 293 g/mol.